The van der Waals surface area contributed by atoms with Crippen LogP contribution >= 0.6 is 11.6 Å². The van der Waals surface area contributed by atoms with Crippen molar-refractivity contribution in [2.24, 2.45) is 0 Å². The SMILES string of the molecule is COC(=O)c1ccc(Cl)c(Nc2cncc(C(=O)NCCCN(C)C)c2)c1. The molecule has 2 aromatic rings. The van der Waals surface area contributed by atoms with Crippen LogP contribution in [0.3, 0.4) is 0 Å². The predicted molar refractivity (Wildman–Crippen MR) is 106 cm³/mol. The van der Waals surface area contributed by atoms with Gasteiger partial charge in [-0.1, -0.05) is 11.6 Å². The Kier molecular flexibility index (Phi) is 7.57. The number of pyridine rings is 1. The van der Waals surface area contributed by atoms with Crippen molar-refractivity contribution in [1.29, 1.82) is 0 Å². The Hall–Kier alpha value is -2.64. The van der Waals surface area contributed by atoms with Gasteiger partial charge in [0, 0.05) is 12.7 Å². The van der Waals surface area contributed by atoms with Crippen molar-refractivity contribution in [2.75, 3.05) is 39.6 Å². The van der Waals surface area contributed by atoms with Crippen molar-refractivity contribution in [3.63, 3.8) is 0 Å². The smallest absolute Gasteiger partial charge is 0.337 e. The number of benzene rings is 1. The number of carbonyl (C=O) groups is 2. The molecule has 144 valence electrons. The average Bonchev–Trinajstić information content (AvgIpc) is 2.66. The summed E-state index contributed by atoms with van der Waals surface area (Å²) in [6, 6.07) is 6.44. The molecule has 0 saturated carbocycles. The van der Waals surface area contributed by atoms with Gasteiger partial charge in [0.2, 0.25) is 0 Å². The van der Waals surface area contributed by atoms with Crippen molar-refractivity contribution in [3.8, 4) is 0 Å². The van der Waals surface area contributed by atoms with E-state index >= 15 is 0 Å². The van der Waals surface area contributed by atoms with E-state index in [4.69, 9.17) is 16.3 Å². The number of ether oxygens (including phenoxy) is 1. The predicted octanol–water partition coefficient (Wildman–Crippen LogP) is 2.95. The van der Waals surface area contributed by atoms with E-state index in [-0.39, 0.29) is 5.91 Å². The fraction of sp³-hybridized carbons (Fsp3) is 0.316. The van der Waals surface area contributed by atoms with Crippen LogP contribution in [-0.4, -0.2) is 56.1 Å². The van der Waals surface area contributed by atoms with Crippen LogP contribution in [0, 0.1) is 0 Å². The van der Waals surface area contributed by atoms with Gasteiger partial charge in [-0.3, -0.25) is 9.78 Å². The molecule has 1 aromatic heterocycles. The Morgan fingerprint density at radius 2 is 1.96 bits per heavy atom. The number of hydrogen-bond donors (Lipinski definition) is 2. The molecule has 0 saturated heterocycles. The Morgan fingerprint density at radius 3 is 2.67 bits per heavy atom. The van der Waals surface area contributed by atoms with E-state index in [1.54, 1.807) is 30.5 Å². The van der Waals surface area contributed by atoms with Gasteiger partial charge in [-0.2, -0.15) is 0 Å². The Bertz CT molecular complexity index is 811. The first-order valence-electron chi connectivity index (χ1n) is 8.43. The molecule has 7 nitrogen and oxygen atoms in total. The van der Waals surface area contributed by atoms with Crippen LogP contribution in [0.2, 0.25) is 5.02 Å². The van der Waals surface area contributed by atoms with Gasteiger partial charge in [-0.15, -0.1) is 0 Å². The summed E-state index contributed by atoms with van der Waals surface area (Å²) in [4.78, 5) is 30.1. The van der Waals surface area contributed by atoms with Gasteiger partial charge in [-0.05, 0) is 51.3 Å². The van der Waals surface area contributed by atoms with E-state index in [0.29, 0.717) is 34.1 Å². The van der Waals surface area contributed by atoms with Crippen LogP contribution in [0.15, 0.2) is 36.7 Å². The highest BCUT2D eigenvalue weighted by atomic mass is 35.5. The molecular formula is C19H23ClN4O3. The molecule has 0 fully saturated rings. The van der Waals surface area contributed by atoms with Gasteiger partial charge in [0.05, 0.1) is 40.8 Å². The van der Waals surface area contributed by atoms with Crippen LogP contribution in [0.1, 0.15) is 27.1 Å². The number of esters is 1. The Balaban J connectivity index is 2.07. The number of anilines is 2. The maximum Gasteiger partial charge on any atom is 0.337 e. The number of halogens is 1. The van der Waals surface area contributed by atoms with Gasteiger partial charge in [0.15, 0.2) is 0 Å². The molecular weight excluding hydrogens is 368 g/mol. The second-order valence-corrected chi connectivity index (χ2v) is 6.59. The molecule has 2 N–H and O–H groups in total. The van der Waals surface area contributed by atoms with Crippen LogP contribution in [-0.2, 0) is 4.74 Å². The third-order valence-electron chi connectivity index (χ3n) is 3.73. The molecule has 0 unspecified atom stereocenters. The minimum atomic E-state index is -0.460. The third kappa shape index (κ3) is 6.23. The van der Waals surface area contributed by atoms with Crippen molar-refractivity contribution < 1.29 is 14.3 Å². The van der Waals surface area contributed by atoms with Crippen LogP contribution in [0.25, 0.3) is 0 Å². The summed E-state index contributed by atoms with van der Waals surface area (Å²) < 4.78 is 4.72. The first-order valence-corrected chi connectivity index (χ1v) is 8.81. The summed E-state index contributed by atoms with van der Waals surface area (Å²) in [6.07, 6.45) is 3.93. The highest BCUT2D eigenvalue weighted by Gasteiger charge is 2.11. The first-order chi connectivity index (χ1) is 12.9. The van der Waals surface area contributed by atoms with Crippen LogP contribution < -0.4 is 10.6 Å². The lowest BCUT2D eigenvalue weighted by molar-refractivity contribution is 0.0600. The van der Waals surface area contributed by atoms with Crippen LogP contribution in [0.5, 0.6) is 0 Å². The third-order valence-corrected chi connectivity index (χ3v) is 4.06. The first kappa shape index (κ1) is 20.7. The van der Waals surface area contributed by atoms with Gasteiger partial charge in [-0.25, -0.2) is 4.79 Å². The van der Waals surface area contributed by atoms with Gasteiger partial charge in [0.1, 0.15) is 0 Å². The Morgan fingerprint density at radius 1 is 1.19 bits per heavy atom. The van der Waals surface area contributed by atoms with E-state index < -0.39 is 5.97 Å². The number of amides is 1. The van der Waals surface area contributed by atoms with E-state index in [0.717, 1.165) is 13.0 Å². The number of nitrogens with zero attached hydrogens (tertiary/aromatic N) is 2. The molecule has 0 aliphatic carbocycles. The summed E-state index contributed by atoms with van der Waals surface area (Å²) in [5.74, 6) is -0.655. The van der Waals surface area contributed by atoms with Crippen molar-refractivity contribution >= 4 is 34.9 Å². The summed E-state index contributed by atoms with van der Waals surface area (Å²) in [5.41, 5.74) is 1.90. The van der Waals surface area contributed by atoms with E-state index in [1.807, 2.05) is 14.1 Å². The number of nitrogens with one attached hydrogen (secondary N) is 2. The molecule has 0 bridgehead atoms. The number of carbonyl (C=O) groups excluding carboxylic acids is 2. The highest BCUT2D eigenvalue weighted by Crippen LogP contribution is 2.27. The lowest BCUT2D eigenvalue weighted by atomic mass is 10.2. The van der Waals surface area contributed by atoms with E-state index in [9.17, 15) is 9.59 Å². The van der Waals surface area contributed by atoms with Crippen molar-refractivity contribution in [3.05, 3.63) is 52.8 Å². The molecule has 27 heavy (non-hydrogen) atoms. The molecule has 0 spiro atoms. The second-order valence-electron chi connectivity index (χ2n) is 6.19. The molecule has 1 aromatic carbocycles. The van der Waals surface area contributed by atoms with Crippen molar-refractivity contribution in [1.82, 2.24) is 15.2 Å². The Labute approximate surface area is 163 Å². The minimum Gasteiger partial charge on any atom is -0.465 e. The van der Waals surface area contributed by atoms with E-state index in [1.165, 1.54) is 13.3 Å². The molecule has 1 heterocycles. The number of methoxy groups -OCH3 is 1. The largest absolute Gasteiger partial charge is 0.465 e. The van der Waals surface area contributed by atoms with Gasteiger partial charge < -0.3 is 20.3 Å². The van der Waals surface area contributed by atoms with Crippen LogP contribution in [0.4, 0.5) is 11.4 Å². The quantitative estimate of drug-likeness (QED) is 0.532. The maximum absolute atomic E-state index is 12.3. The molecule has 0 atom stereocenters. The fourth-order valence-corrected chi connectivity index (χ4v) is 2.52. The molecule has 0 aliphatic heterocycles. The highest BCUT2D eigenvalue weighted by molar-refractivity contribution is 6.33. The number of rotatable bonds is 8. The normalized spacial score (nSPS) is 10.6. The summed E-state index contributed by atoms with van der Waals surface area (Å²) in [7, 11) is 5.29. The molecule has 0 aliphatic rings. The fourth-order valence-electron chi connectivity index (χ4n) is 2.35. The summed E-state index contributed by atoms with van der Waals surface area (Å²) >= 11 is 6.19. The van der Waals surface area contributed by atoms with Gasteiger partial charge in [0.25, 0.3) is 5.91 Å². The topological polar surface area (TPSA) is 83.6 Å². The number of aromatic nitrogens is 1. The lowest BCUT2D eigenvalue weighted by Crippen LogP contribution is -2.27. The molecule has 1 amide bonds. The zero-order chi connectivity index (χ0) is 19.8. The number of hydrogen-bond acceptors (Lipinski definition) is 6. The minimum absolute atomic E-state index is 0.195. The second kappa shape index (κ2) is 9.89. The monoisotopic (exact) mass is 390 g/mol. The average molecular weight is 391 g/mol. The van der Waals surface area contributed by atoms with Crippen molar-refractivity contribution in [2.45, 2.75) is 6.42 Å². The molecule has 0 radical (unpaired) electrons. The van der Waals surface area contributed by atoms with E-state index in [2.05, 4.69) is 20.5 Å². The lowest BCUT2D eigenvalue weighted by Gasteiger charge is -2.12. The standard InChI is InChI=1S/C19H23ClN4O3/c1-24(2)8-4-7-22-18(25)14-9-15(12-21-11-14)23-17-10-13(19(26)27-3)5-6-16(17)20/h5-6,9-12,23H,4,7-8H2,1-3H3,(H,22,25). The zero-order valence-corrected chi connectivity index (χ0v) is 16.3. The summed E-state index contributed by atoms with van der Waals surface area (Å²) in [5, 5.41) is 6.38. The van der Waals surface area contributed by atoms with Gasteiger partial charge >= 0.3 is 5.97 Å². The zero-order valence-electron chi connectivity index (χ0n) is 15.6. The maximum atomic E-state index is 12.3. The molecule has 8 heteroatoms. The molecule has 2 rings (SSSR count). The summed E-state index contributed by atoms with van der Waals surface area (Å²) in [6.45, 7) is 1.48.